The zero-order valence-electron chi connectivity index (χ0n) is 18.7. The van der Waals surface area contributed by atoms with E-state index in [1.165, 1.54) is 33.8 Å². The number of aromatic nitrogens is 5. The second-order valence-electron chi connectivity index (χ2n) is 9.55. The summed E-state index contributed by atoms with van der Waals surface area (Å²) in [6, 6.07) is 6.51. The van der Waals surface area contributed by atoms with Crippen LogP contribution in [0.5, 0.6) is 0 Å². The number of fused-ring (bicyclic) bond motifs is 1. The molecule has 31 heavy (non-hydrogen) atoms. The summed E-state index contributed by atoms with van der Waals surface area (Å²) in [5.74, 6) is 0.843. The SMILES string of the molecule is Cc1cc2cc([C@H](c3nnnn3C3CCCC3)[NH+]3CC[NH+](C)CC3)c(=O)[nH]c2cc1C. The number of benzene rings is 1. The van der Waals surface area contributed by atoms with Crippen molar-refractivity contribution in [2.75, 3.05) is 33.2 Å². The van der Waals surface area contributed by atoms with E-state index in [-0.39, 0.29) is 11.6 Å². The van der Waals surface area contributed by atoms with Crippen molar-refractivity contribution in [3.05, 3.63) is 51.1 Å². The second-order valence-corrected chi connectivity index (χ2v) is 9.55. The van der Waals surface area contributed by atoms with Gasteiger partial charge in [-0.1, -0.05) is 12.8 Å². The molecular weight excluding hydrogens is 390 g/mol. The van der Waals surface area contributed by atoms with Crippen LogP contribution in [0.4, 0.5) is 0 Å². The van der Waals surface area contributed by atoms with Crippen LogP contribution in [0.1, 0.15) is 60.3 Å². The Balaban J connectivity index is 1.65. The third kappa shape index (κ3) is 3.78. The number of pyridine rings is 1. The Morgan fingerprint density at radius 3 is 2.52 bits per heavy atom. The first-order chi connectivity index (χ1) is 15.0. The van der Waals surface area contributed by atoms with Crippen molar-refractivity contribution in [2.24, 2.45) is 0 Å². The van der Waals surface area contributed by atoms with E-state index >= 15 is 0 Å². The quantitative estimate of drug-likeness (QED) is 0.540. The largest absolute Gasteiger partial charge is 0.328 e. The first-order valence-corrected chi connectivity index (χ1v) is 11.6. The lowest BCUT2D eigenvalue weighted by Crippen LogP contribution is -3.27. The zero-order valence-corrected chi connectivity index (χ0v) is 18.7. The van der Waals surface area contributed by atoms with Gasteiger partial charge in [0.1, 0.15) is 26.2 Å². The molecule has 1 aliphatic heterocycles. The minimum Gasteiger partial charge on any atom is -0.328 e. The van der Waals surface area contributed by atoms with E-state index < -0.39 is 0 Å². The van der Waals surface area contributed by atoms with Crippen molar-refractivity contribution in [3.63, 3.8) is 0 Å². The van der Waals surface area contributed by atoms with Gasteiger partial charge in [0.05, 0.1) is 18.7 Å². The molecule has 1 aromatic carbocycles. The van der Waals surface area contributed by atoms with Gasteiger partial charge in [-0.25, -0.2) is 4.68 Å². The Labute approximate surface area is 182 Å². The van der Waals surface area contributed by atoms with E-state index in [0.717, 1.165) is 61.3 Å². The maximum absolute atomic E-state index is 13.4. The number of quaternary nitrogens is 2. The first kappa shape index (κ1) is 20.3. The number of piperazine rings is 1. The second kappa shape index (κ2) is 8.16. The van der Waals surface area contributed by atoms with Gasteiger partial charge in [0.25, 0.3) is 5.56 Å². The third-order valence-electron chi connectivity index (χ3n) is 7.40. The van der Waals surface area contributed by atoms with Crippen molar-refractivity contribution >= 4 is 10.9 Å². The van der Waals surface area contributed by atoms with Crippen molar-refractivity contribution in [2.45, 2.75) is 51.6 Å². The van der Waals surface area contributed by atoms with Gasteiger partial charge in [-0.2, -0.15) is 0 Å². The number of nitrogens with zero attached hydrogens (tertiary/aromatic N) is 4. The molecule has 3 heterocycles. The van der Waals surface area contributed by atoms with Crippen LogP contribution in [-0.2, 0) is 0 Å². The van der Waals surface area contributed by atoms with Crippen molar-refractivity contribution in [1.29, 1.82) is 0 Å². The van der Waals surface area contributed by atoms with Gasteiger partial charge < -0.3 is 14.8 Å². The molecule has 8 nitrogen and oxygen atoms in total. The standard InChI is InChI=1S/C23H31N7O/c1-15-12-17-14-19(23(31)24-20(17)13-16(15)2)21(29-10-8-28(3)9-11-29)22-25-26-27-30(22)18-6-4-5-7-18/h12-14,18,21H,4-11H2,1-3H3,(H,24,31)/p+2/t21-/m1/s1. The Morgan fingerprint density at radius 2 is 1.77 bits per heavy atom. The monoisotopic (exact) mass is 423 g/mol. The van der Waals surface area contributed by atoms with E-state index in [2.05, 4.69) is 59.6 Å². The minimum atomic E-state index is -0.154. The van der Waals surface area contributed by atoms with Crippen LogP contribution in [0.15, 0.2) is 23.0 Å². The van der Waals surface area contributed by atoms with E-state index in [1.54, 1.807) is 0 Å². The van der Waals surface area contributed by atoms with Gasteiger partial charge in [0.2, 0.25) is 5.82 Å². The molecule has 164 valence electrons. The summed E-state index contributed by atoms with van der Waals surface area (Å²) in [5, 5.41) is 14.0. The summed E-state index contributed by atoms with van der Waals surface area (Å²) in [6.45, 7) is 8.36. The number of hydrogen-bond acceptors (Lipinski definition) is 4. The van der Waals surface area contributed by atoms with E-state index in [0.29, 0.717) is 6.04 Å². The lowest BCUT2D eigenvalue weighted by Gasteiger charge is -2.33. The van der Waals surface area contributed by atoms with Crippen LogP contribution in [-0.4, -0.2) is 58.4 Å². The molecule has 1 atom stereocenters. The fourth-order valence-electron chi connectivity index (χ4n) is 5.34. The molecule has 0 radical (unpaired) electrons. The molecule has 1 aliphatic carbocycles. The highest BCUT2D eigenvalue weighted by molar-refractivity contribution is 5.80. The number of hydrogen-bond donors (Lipinski definition) is 3. The van der Waals surface area contributed by atoms with Gasteiger partial charge in [-0.05, 0) is 71.8 Å². The molecule has 3 N–H and O–H groups in total. The molecular formula is C23H33N7O+2. The number of tetrazole rings is 1. The Morgan fingerprint density at radius 1 is 1.06 bits per heavy atom. The normalized spacial score (nSPS) is 23.5. The topological polar surface area (TPSA) is 85.3 Å². The van der Waals surface area contributed by atoms with E-state index in [4.69, 9.17) is 0 Å². The Kier molecular flexibility index (Phi) is 5.35. The fourth-order valence-corrected chi connectivity index (χ4v) is 5.34. The van der Waals surface area contributed by atoms with Crippen molar-refractivity contribution in [3.8, 4) is 0 Å². The Bertz CT molecular complexity index is 1140. The first-order valence-electron chi connectivity index (χ1n) is 11.6. The number of likely N-dealkylation sites (N-methyl/N-ethyl adjacent to an activating group) is 1. The summed E-state index contributed by atoms with van der Waals surface area (Å²) in [4.78, 5) is 19.4. The lowest BCUT2D eigenvalue weighted by molar-refractivity contribution is -1.02. The molecule has 0 spiro atoms. The zero-order chi connectivity index (χ0) is 21.5. The number of H-pyrrole nitrogens is 1. The lowest BCUT2D eigenvalue weighted by atomic mass is 10.00. The smallest absolute Gasteiger partial charge is 0.258 e. The van der Waals surface area contributed by atoms with Gasteiger partial charge in [0, 0.05) is 5.52 Å². The number of nitrogens with one attached hydrogen (secondary N) is 3. The van der Waals surface area contributed by atoms with Crippen molar-refractivity contribution in [1.82, 2.24) is 25.2 Å². The highest BCUT2D eigenvalue weighted by Crippen LogP contribution is 2.31. The molecule has 0 bridgehead atoms. The molecule has 8 heteroatoms. The molecule has 1 saturated heterocycles. The summed E-state index contributed by atoms with van der Waals surface area (Å²) in [5.41, 5.74) is 4.06. The van der Waals surface area contributed by atoms with Crippen LogP contribution in [0.2, 0.25) is 0 Å². The molecule has 0 unspecified atom stereocenters. The fraction of sp³-hybridized carbons (Fsp3) is 0.565. The minimum absolute atomic E-state index is 0.0273. The van der Waals surface area contributed by atoms with Crippen LogP contribution in [0, 0.1) is 13.8 Å². The van der Waals surface area contributed by atoms with Crippen LogP contribution >= 0.6 is 0 Å². The van der Waals surface area contributed by atoms with E-state index in [1.807, 2.05) is 4.68 Å². The van der Waals surface area contributed by atoms with Gasteiger partial charge in [0.15, 0.2) is 6.04 Å². The van der Waals surface area contributed by atoms with Crippen LogP contribution in [0.3, 0.4) is 0 Å². The average Bonchev–Trinajstić information content (AvgIpc) is 3.43. The van der Waals surface area contributed by atoms with Crippen molar-refractivity contribution < 1.29 is 9.80 Å². The summed E-state index contributed by atoms with van der Waals surface area (Å²) < 4.78 is 2.03. The Hall–Kier alpha value is -2.58. The molecule has 2 fully saturated rings. The van der Waals surface area contributed by atoms with Crippen LogP contribution < -0.4 is 15.4 Å². The predicted molar refractivity (Wildman–Crippen MR) is 119 cm³/mol. The van der Waals surface area contributed by atoms with Gasteiger partial charge in [-0.15, -0.1) is 5.10 Å². The summed E-state index contributed by atoms with van der Waals surface area (Å²) in [6.07, 6.45) is 4.65. The summed E-state index contributed by atoms with van der Waals surface area (Å²) in [7, 11) is 2.24. The molecule has 2 aliphatic rings. The predicted octanol–water partition coefficient (Wildman–Crippen LogP) is -0.251. The molecule has 2 aromatic heterocycles. The number of aryl methyl sites for hydroxylation is 2. The summed E-state index contributed by atoms with van der Waals surface area (Å²) >= 11 is 0. The van der Waals surface area contributed by atoms with Gasteiger partial charge >= 0.3 is 0 Å². The van der Waals surface area contributed by atoms with E-state index in [9.17, 15) is 4.79 Å². The number of rotatable bonds is 4. The van der Waals surface area contributed by atoms with Gasteiger partial charge in [-0.3, -0.25) is 4.79 Å². The molecule has 5 rings (SSSR count). The average molecular weight is 424 g/mol. The maximum Gasteiger partial charge on any atom is 0.258 e. The third-order valence-corrected chi connectivity index (χ3v) is 7.40. The highest BCUT2D eigenvalue weighted by Gasteiger charge is 2.38. The molecule has 0 amide bonds. The number of aromatic amines is 1. The highest BCUT2D eigenvalue weighted by atomic mass is 16.1. The molecule has 3 aromatic rings. The van der Waals surface area contributed by atoms with Crippen LogP contribution in [0.25, 0.3) is 10.9 Å². The molecule has 1 saturated carbocycles. The maximum atomic E-state index is 13.4.